The van der Waals surface area contributed by atoms with Crippen LogP contribution < -0.4 is 0 Å². The SMILES string of the molecule is Cc1nn(-c2ncc([N+](=O)[O-])cn2)cc1C(=O)O. The lowest BCUT2D eigenvalue weighted by Gasteiger charge is -1.97. The molecule has 0 aliphatic heterocycles. The molecule has 0 amide bonds. The molecule has 0 spiro atoms. The molecule has 0 radical (unpaired) electrons. The van der Waals surface area contributed by atoms with E-state index in [0.29, 0.717) is 5.69 Å². The standard InChI is InChI=1S/C9H7N5O4/c1-5-7(8(15)16)4-13(12-5)9-10-2-6(3-11-9)14(17)18/h2-4H,1H3,(H,15,16). The summed E-state index contributed by atoms with van der Waals surface area (Å²) in [7, 11) is 0. The van der Waals surface area contributed by atoms with Gasteiger partial charge in [0.05, 0.1) is 10.6 Å². The Hall–Kier alpha value is -2.84. The molecule has 1 N–H and O–H groups in total. The maximum atomic E-state index is 10.8. The van der Waals surface area contributed by atoms with Crippen molar-refractivity contribution in [2.75, 3.05) is 0 Å². The number of nitro groups is 1. The van der Waals surface area contributed by atoms with Crippen molar-refractivity contribution in [2.24, 2.45) is 0 Å². The second kappa shape index (κ2) is 4.20. The van der Waals surface area contributed by atoms with Crippen molar-refractivity contribution in [2.45, 2.75) is 6.92 Å². The highest BCUT2D eigenvalue weighted by Crippen LogP contribution is 2.11. The molecule has 0 aliphatic carbocycles. The maximum absolute atomic E-state index is 10.8. The van der Waals surface area contributed by atoms with Crippen molar-refractivity contribution >= 4 is 11.7 Å². The number of hydrogen-bond donors (Lipinski definition) is 1. The highest BCUT2D eigenvalue weighted by molar-refractivity contribution is 5.88. The lowest BCUT2D eigenvalue weighted by Crippen LogP contribution is -2.02. The van der Waals surface area contributed by atoms with Crippen molar-refractivity contribution in [3.63, 3.8) is 0 Å². The lowest BCUT2D eigenvalue weighted by atomic mass is 10.3. The fourth-order valence-electron chi connectivity index (χ4n) is 1.30. The van der Waals surface area contributed by atoms with Crippen LogP contribution in [0.4, 0.5) is 5.69 Å². The Morgan fingerprint density at radius 1 is 1.44 bits per heavy atom. The van der Waals surface area contributed by atoms with E-state index in [1.807, 2.05) is 0 Å². The third-order valence-corrected chi connectivity index (χ3v) is 2.17. The van der Waals surface area contributed by atoms with Crippen LogP contribution in [0, 0.1) is 17.0 Å². The van der Waals surface area contributed by atoms with Gasteiger partial charge in [0.1, 0.15) is 18.0 Å². The molecular formula is C9H7N5O4. The monoisotopic (exact) mass is 249 g/mol. The van der Waals surface area contributed by atoms with Crippen LogP contribution in [0.2, 0.25) is 0 Å². The third-order valence-electron chi connectivity index (χ3n) is 2.17. The number of carboxylic acids is 1. The van der Waals surface area contributed by atoms with Gasteiger partial charge in [0.15, 0.2) is 0 Å². The first kappa shape index (κ1) is 11.6. The largest absolute Gasteiger partial charge is 0.478 e. The van der Waals surface area contributed by atoms with Crippen molar-refractivity contribution < 1.29 is 14.8 Å². The number of carbonyl (C=O) groups is 1. The normalized spacial score (nSPS) is 10.3. The minimum absolute atomic E-state index is 0.0250. The van der Waals surface area contributed by atoms with E-state index in [9.17, 15) is 14.9 Å². The molecule has 0 atom stereocenters. The van der Waals surface area contributed by atoms with Gasteiger partial charge >= 0.3 is 11.7 Å². The molecule has 2 aromatic rings. The molecule has 0 unspecified atom stereocenters. The van der Waals surface area contributed by atoms with Gasteiger partial charge in [0, 0.05) is 6.20 Å². The summed E-state index contributed by atoms with van der Waals surface area (Å²) < 4.78 is 1.16. The quantitative estimate of drug-likeness (QED) is 0.622. The summed E-state index contributed by atoms with van der Waals surface area (Å²) >= 11 is 0. The van der Waals surface area contributed by atoms with E-state index in [-0.39, 0.29) is 17.2 Å². The lowest BCUT2D eigenvalue weighted by molar-refractivity contribution is -0.385. The number of carboxylic acid groups (broad SMARTS) is 1. The van der Waals surface area contributed by atoms with Gasteiger partial charge in [0.2, 0.25) is 0 Å². The summed E-state index contributed by atoms with van der Waals surface area (Å²) in [5.74, 6) is -1.04. The van der Waals surface area contributed by atoms with Crippen LogP contribution in [0.25, 0.3) is 5.95 Å². The number of nitrogens with zero attached hydrogens (tertiary/aromatic N) is 5. The number of aromatic carboxylic acids is 1. The molecule has 0 aliphatic rings. The number of rotatable bonds is 3. The highest BCUT2D eigenvalue weighted by atomic mass is 16.6. The van der Waals surface area contributed by atoms with Gasteiger partial charge in [-0.2, -0.15) is 5.10 Å². The Bertz CT molecular complexity index is 618. The molecule has 92 valence electrons. The highest BCUT2D eigenvalue weighted by Gasteiger charge is 2.14. The van der Waals surface area contributed by atoms with Crippen molar-refractivity contribution in [3.8, 4) is 5.95 Å². The van der Waals surface area contributed by atoms with Gasteiger partial charge < -0.3 is 5.11 Å². The summed E-state index contributed by atoms with van der Waals surface area (Å²) in [5, 5.41) is 23.2. The topological polar surface area (TPSA) is 124 Å². The Morgan fingerprint density at radius 2 is 2.06 bits per heavy atom. The van der Waals surface area contributed by atoms with Gasteiger partial charge in [-0.25, -0.2) is 19.4 Å². The van der Waals surface area contributed by atoms with Crippen LogP contribution in [0.5, 0.6) is 0 Å². The molecule has 9 heteroatoms. The Kier molecular flexibility index (Phi) is 2.72. The summed E-state index contributed by atoms with van der Waals surface area (Å²) in [5.41, 5.74) is 0.0856. The Balaban J connectivity index is 2.40. The van der Waals surface area contributed by atoms with Crippen LogP contribution >= 0.6 is 0 Å². The molecule has 2 heterocycles. The molecule has 18 heavy (non-hydrogen) atoms. The van der Waals surface area contributed by atoms with Crippen LogP contribution in [0.15, 0.2) is 18.6 Å². The van der Waals surface area contributed by atoms with Crippen molar-refractivity contribution in [1.82, 2.24) is 19.7 Å². The minimum Gasteiger partial charge on any atom is -0.478 e. The zero-order chi connectivity index (χ0) is 13.3. The van der Waals surface area contributed by atoms with Crippen molar-refractivity contribution in [3.05, 3.63) is 40.0 Å². The van der Waals surface area contributed by atoms with E-state index in [2.05, 4.69) is 15.1 Å². The summed E-state index contributed by atoms with van der Waals surface area (Å²) in [6.45, 7) is 1.53. The average molecular weight is 249 g/mol. The number of aryl methyl sites for hydroxylation is 1. The first-order valence-electron chi connectivity index (χ1n) is 4.75. The van der Waals surface area contributed by atoms with Gasteiger partial charge in [0.25, 0.3) is 5.95 Å². The molecule has 0 fully saturated rings. The van der Waals surface area contributed by atoms with E-state index in [1.165, 1.54) is 13.1 Å². The second-order valence-electron chi connectivity index (χ2n) is 3.38. The summed E-state index contributed by atoms with van der Waals surface area (Å²) in [6, 6.07) is 0. The average Bonchev–Trinajstić information content (AvgIpc) is 2.71. The Morgan fingerprint density at radius 3 is 2.50 bits per heavy atom. The van der Waals surface area contributed by atoms with Crippen LogP contribution in [-0.4, -0.2) is 35.7 Å². The van der Waals surface area contributed by atoms with Gasteiger partial charge in [-0.15, -0.1) is 0 Å². The molecule has 0 bridgehead atoms. The first-order chi connectivity index (χ1) is 8.49. The Labute approximate surface area is 99.9 Å². The minimum atomic E-state index is -1.11. The van der Waals surface area contributed by atoms with Gasteiger partial charge in [-0.1, -0.05) is 0 Å². The van der Waals surface area contributed by atoms with E-state index < -0.39 is 10.9 Å². The molecule has 0 saturated carbocycles. The van der Waals surface area contributed by atoms with Crippen LogP contribution in [-0.2, 0) is 0 Å². The van der Waals surface area contributed by atoms with Gasteiger partial charge in [-0.05, 0) is 6.92 Å². The molecule has 0 saturated heterocycles. The predicted octanol–water partition coefficient (Wildman–Crippen LogP) is 0.577. The molecule has 0 aromatic carbocycles. The number of aromatic nitrogens is 4. The zero-order valence-corrected chi connectivity index (χ0v) is 9.14. The first-order valence-corrected chi connectivity index (χ1v) is 4.75. The molecule has 2 aromatic heterocycles. The van der Waals surface area contributed by atoms with E-state index >= 15 is 0 Å². The third kappa shape index (κ3) is 2.00. The van der Waals surface area contributed by atoms with Crippen molar-refractivity contribution in [1.29, 1.82) is 0 Å². The molecular weight excluding hydrogens is 242 g/mol. The van der Waals surface area contributed by atoms with Crippen LogP contribution in [0.1, 0.15) is 16.1 Å². The molecule has 2 rings (SSSR count). The number of hydrogen-bond acceptors (Lipinski definition) is 6. The smallest absolute Gasteiger partial charge is 0.339 e. The van der Waals surface area contributed by atoms with E-state index in [1.54, 1.807) is 0 Å². The van der Waals surface area contributed by atoms with Gasteiger partial charge in [-0.3, -0.25) is 10.1 Å². The molecule has 9 nitrogen and oxygen atoms in total. The fraction of sp³-hybridized carbons (Fsp3) is 0.111. The zero-order valence-electron chi connectivity index (χ0n) is 9.14. The fourth-order valence-corrected chi connectivity index (χ4v) is 1.30. The van der Waals surface area contributed by atoms with E-state index in [0.717, 1.165) is 17.1 Å². The van der Waals surface area contributed by atoms with E-state index in [4.69, 9.17) is 5.11 Å². The maximum Gasteiger partial charge on any atom is 0.339 e. The summed E-state index contributed by atoms with van der Waals surface area (Å²) in [4.78, 5) is 28.1. The second-order valence-corrected chi connectivity index (χ2v) is 3.38. The van der Waals surface area contributed by atoms with Crippen LogP contribution in [0.3, 0.4) is 0 Å². The predicted molar refractivity (Wildman–Crippen MR) is 57.5 cm³/mol. The summed E-state index contributed by atoms with van der Waals surface area (Å²) in [6.07, 6.45) is 3.30.